The van der Waals surface area contributed by atoms with Crippen molar-refractivity contribution < 1.29 is 27.6 Å². The highest BCUT2D eigenvalue weighted by molar-refractivity contribution is 7.89. The zero-order valence-electron chi connectivity index (χ0n) is 15.9. The molecule has 9 nitrogen and oxygen atoms in total. The third kappa shape index (κ3) is 5.39. The summed E-state index contributed by atoms with van der Waals surface area (Å²) in [4.78, 5) is 29.1. The van der Waals surface area contributed by atoms with Gasteiger partial charge in [-0.1, -0.05) is 10.5 Å². The second-order valence-corrected chi connectivity index (χ2v) is 7.79. The SMILES string of the molecule is CON(C)S(=O)(=O)c1cccc(C(=O)O[C@@H](C)C(=O)Nc2ccc(C#N)cc2)c1. The van der Waals surface area contributed by atoms with Gasteiger partial charge < -0.3 is 10.1 Å². The van der Waals surface area contributed by atoms with E-state index in [2.05, 4.69) is 5.32 Å². The molecule has 0 bridgehead atoms. The number of carbonyl (C=O) groups is 2. The van der Waals surface area contributed by atoms with Crippen molar-refractivity contribution in [3.8, 4) is 6.07 Å². The number of amides is 1. The van der Waals surface area contributed by atoms with Crippen molar-refractivity contribution in [2.45, 2.75) is 17.9 Å². The third-order valence-corrected chi connectivity index (χ3v) is 5.57. The largest absolute Gasteiger partial charge is 0.449 e. The van der Waals surface area contributed by atoms with E-state index in [1.807, 2.05) is 6.07 Å². The highest BCUT2D eigenvalue weighted by Crippen LogP contribution is 2.17. The minimum atomic E-state index is -3.94. The summed E-state index contributed by atoms with van der Waals surface area (Å²) in [5, 5.41) is 11.3. The Morgan fingerprint density at radius 3 is 2.41 bits per heavy atom. The molecule has 0 aliphatic rings. The van der Waals surface area contributed by atoms with E-state index in [1.54, 1.807) is 12.1 Å². The van der Waals surface area contributed by atoms with Crippen LogP contribution in [-0.2, 0) is 24.4 Å². The van der Waals surface area contributed by atoms with Gasteiger partial charge in [-0.3, -0.25) is 9.63 Å². The van der Waals surface area contributed by atoms with Crippen LogP contribution in [0.4, 0.5) is 5.69 Å². The zero-order valence-corrected chi connectivity index (χ0v) is 16.8. The molecule has 2 aromatic carbocycles. The standard InChI is InChI=1S/C19H19N3O6S/c1-13(18(23)21-16-9-7-14(12-20)8-10-16)28-19(24)15-5-4-6-17(11-15)29(25,26)22(2)27-3/h4-11,13H,1-3H3,(H,21,23)/t13-/m0/s1. The number of anilines is 1. The monoisotopic (exact) mass is 417 g/mol. The number of hydroxylamine groups is 1. The molecule has 0 fully saturated rings. The van der Waals surface area contributed by atoms with Crippen LogP contribution < -0.4 is 5.32 Å². The molecule has 0 heterocycles. The molecule has 0 saturated carbocycles. The van der Waals surface area contributed by atoms with Gasteiger partial charge in [0.05, 0.1) is 29.2 Å². The number of rotatable bonds is 7. The van der Waals surface area contributed by atoms with Gasteiger partial charge in [0.2, 0.25) is 0 Å². The van der Waals surface area contributed by atoms with E-state index in [0.717, 1.165) is 6.07 Å². The molecular formula is C19H19N3O6S. The number of nitrogens with one attached hydrogen (secondary N) is 1. The van der Waals surface area contributed by atoms with Crippen LogP contribution in [-0.4, -0.2) is 45.0 Å². The van der Waals surface area contributed by atoms with Gasteiger partial charge in [-0.2, -0.15) is 5.26 Å². The van der Waals surface area contributed by atoms with Gasteiger partial charge in [-0.05, 0) is 49.4 Å². The van der Waals surface area contributed by atoms with Crippen molar-refractivity contribution in [3.05, 3.63) is 59.7 Å². The first-order valence-electron chi connectivity index (χ1n) is 8.34. The molecule has 1 amide bonds. The fourth-order valence-corrected chi connectivity index (χ4v) is 3.20. The van der Waals surface area contributed by atoms with Crippen molar-refractivity contribution in [1.82, 2.24) is 4.47 Å². The van der Waals surface area contributed by atoms with Crippen LogP contribution in [0.2, 0.25) is 0 Å². The molecule has 0 aliphatic heterocycles. The molecule has 0 unspecified atom stereocenters. The minimum Gasteiger partial charge on any atom is -0.449 e. The summed E-state index contributed by atoms with van der Waals surface area (Å²) in [7, 11) is -1.52. The molecule has 29 heavy (non-hydrogen) atoms. The number of nitrogens with zero attached hydrogens (tertiary/aromatic N) is 2. The van der Waals surface area contributed by atoms with E-state index in [1.165, 1.54) is 51.4 Å². The molecule has 1 atom stereocenters. The molecule has 152 valence electrons. The predicted molar refractivity (Wildman–Crippen MR) is 103 cm³/mol. The van der Waals surface area contributed by atoms with Crippen molar-refractivity contribution in [2.75, 3.05) is 19.5 Å². The van der Waals surface area contributed by atoms with Crippen LogP contribution in [0.3, 0.4) is 0 Å². The normalized spacial score (nSPS) is 12.1. The molecule has 1 N–H and O–H groups in total. The van der Waals surface area contributed by atoms with Gasteiger partial charge in [0.25, 0.3) is 15.9 Å². The van der Waals surface area contributed by atoms with Crippen molar-refractivity contribution in [2.24, 2.45) is 0 Å². The summed E-state index contributed by atoms with van der Waals surface area (Å²) >= 11 is 0. The molecule has 0 saturated heterocycles. The Kier molecular flexibility index (Phi) is 7.06. The number of hydrogen-bond donors (Lipinski definition) is 1. The topological polar surface area (TPSA) is 126 Å². The van der Waals surface area contributed by atoms with Crippen molar-refractivity contribution >= 4 is 27.6 Å². The third-order valence-electron chi connectivity index (χ3n) is 3.90. The summed E-state index contributed by atoms with van der Waals surface area (Å²) in [6.45, 7) is 1.39. The number of sulfonamides is 1. The summed E-state index contributed by atoms with van der Waals surface area (Å²) in [5.74, 6) is -1.43. The highest BCUT2D eigenvalue weighted by Gasteiger charge is 2.24. The fourth-order valence-electron chi connectivity index (χ4n) is 2.18. The van der Waals surface area contributed by atoms with Gasteiger partial charge >= 0.3 is 5.97 Å². The maximum Gasteiger partial charge on any atom is 0.338 e. The lowest BCUT2D eigenvalue weighted by molar-refractivity contribution is -0.123. The molecule has 2 rings (SSSR count). The summed E-state index contributed by atoms with van der Waals surface area (Å²) < 4.78 is 30.3. The van der Waals surface area contributed by atoms with Crippen LogP contribution >= 0.6 is 0 Å². The van der Waals surface area contributed by atoms with Crippen LogP contribution in [0.1, 0.15) is 22.8 Å². The fraction of sp³-hybridized carbons (Fsp3) is 0.211. The lowest BCUT2D eigenvalue weighted by atomic mass is 10.2. The number of nitriles is 1. The van der Waals surface area contributed by atoms with E-state index in [-0.39, 0.29) is 10.5 Å². The number of benzene rings is 2. The van der Waals surface area contributed by atoms with Gasteiger partial charge in [-0.15, -0.1) is 0 Å². The second-order valence-electron chi connectivity index (χ2n) is 5.85. The first-order chi connectivity index (χ1) is 13.7. The van der Waals surface area contributed by atoms with Crippen LogP contribution in [0.5, 0.6) is 0 Å². The summed E-state index contributed by atoms with van der Waals surface area (Å²) in [6, 6.07) is 13.3. The molecule has 10 heteroatoms. The smallest absolute Gasteiger partial charge is 0.338 e. The predicted octanol–water partition coefficient (Wildman–Crippen LogP) is 1.92. The number of esters is 1. The molecule has 0 radical (unpaired) electrons. The zero-order chi connectivity index (χ0) is 21.6. The second kappa shape index (κ2) is 9.29. The van der Waals surface area contributed by atoms with Crippen molar-refractivity contribution in [3.63, 3.8) is 0 Å². The average molecular weight is 417 g/mol. The van der Waals surface area contributed by atoms with Gasteiger partial charge in [-0.25, -0.2) is 13.2 Å². The quantitative estimate of drug-likeness (QED) is 0.539. The first-order valence-corrected chi connectivity index (χ1v) is 9.78. The van der Waals surface area contributed by atoms with E-state index in [0.29, 0.717) is 15.7 Å². The maximum atomic E-state index is 12.3. The summed E-state index contributed by atoms with van der Waals surface area (Å²) in [6.07, 6.45) is -1.14. The Morgan fingerprint density at radius 1 is 1.17 bits per heavy atom. The van der Waals surface area contributed by atoms with Crippen LogP contribution in [0, 0.1) is 11.3 Å². The highest BCUT2D eigenvalue weighted by atomic mass is 32.2. The molecule has 0 spiro atoms. The first kappa shape index (κ1) is 22.0. The van der Waals surface area contributed by atoms with Crippen LogP contribution in [0.25, 0.3) is 0 Å². The maximum absolute atomic E-state index is 12.3. The van der Waals surface area contributed by atoms with E-state index < -0.39 is 28.0 Å². The van der Waals surface area contributed by atoms with Crippen LogP contribution in [0.15, 0.2) is 53.4 Å². The summed E-state index contributed by atoms with van der Waals surface area (Å²) in [5.41, 5.74) is 0.845. The van der Waals surface area contributed by atoms with Crippen molar-refractivity contribution in [1.29, 1.82) is 5.26 Å². The average Bonchev–Trinajstić information content (AvgIpc) is 2.73. The number of hydrogen-bond acceptors (Lipinski definition) is 7. The van der Waals surface area contributed by atoms with Gasteiger partial charge in [0, 0.05) is 12.7 Å². The Hall–Kier alpha value is -3.26. The lowest BCUT2D eigenvalue weighted by Crippen LogP contribution is -2.30. The lowest BCUT2D eigenvalue weighted by Gasteiger charge is -2.16. The Balaban J connectivity index is 2.08. The van der Waals surface area contributed by atoms with Gasteiger partial charge in [0.15, 0.2) is 6.10 Å². The minimum absolute atomic E-state index is 0.0337. The molecule has 0 aromatic heterocycles. The van der Waals surface area contributed by atoms with E-state index in [9.17, 15) is 18.0 Å². The molecular weight excluding hydrogens is 398 g/mol. The van der Waals surface area contributed by atoms with E-state index >= 15 is 0 Å². The van der Waals surface area contributed by atoms with Gasteiger partial charge in [0.1, 0.15) is 0 Å². The Labute approximate surface area is 168 Å². The number of ether oxygens (including phenoxy) is 1. The molecule has 0 aliphatic carbocycles. The number of carbonyl (C=O) groups excluding carboxylic acids is 2. The molecule has 2 aromatic rings. The van der Waals surface area contributed by atoms with E-state index in [4.69, 9.17) is 14.8 Å². The Morgan fingerprint density at radius 2 is 1.83 bits per heavy atom. The Bertz CT molecular complexity index is 1040.